The van der Waals surface area contributed by atoms with E-state index in [4.69, 9.17) is 5.11 Å². The Morgan fingerprint density at radius 1 is 1.39 bits per heavy atom. The second-order valence-electron chi connectivity index (χ2n) is 4.77. The van der Waals surface area contributed by atoms with E-state index >= 15 is 0 Å². The van der Waals surface area contributed by atoms with Gasteiger partial charge in [0.25, 0.3) is 0 Å². The van der Waals surface area contributed by atoms with Crippen molar-refractivity contribution < 1.29 is 19.1 Å². The first-order chi connectivity index (χ1) is 8.31. The minimum absolute atomic E-state index is 0.180. The fraction of sp³-hybridized carbons (Fsp3) is 0.385. The highest BCUT2D eigenvalue weighted by atomic mass is 19.1. The fourth-order valence-electron chi connectivity index (χ4n) is 1.53. The van der Waals surface area contributed by atoms with Crippen LogP contribution in [-0.2, 0) is 16.1 Å². The number of nitrogens with one attached hydrogen (secondary N) is 1. The number of amides is 1. The summed E-state index contributed by atoms with van der Waals surface area (Å²) in [6, 6.07) is 5.89. The zero-order chi connectivity index (χ0) is 13.8. The van der Waals surface area contributed by atoms with Gasteiger partial charge < -0.3 is 10.4 Å². The summed E-state index contributed by atoms with van der Waals surface area (Å²) in [5, 5.41) is 11.3. The molecule has 0 bridgehead atoms. The van der Waals surface area contributed by atoms with E-state index in [1.165, 1.54) is 12.1 Å². The third-order valence-corrected chi connectivity index (χ3v) is 2.55. The van der Waals surface area contributed by atoms with Crippen molar-refractivity contribution in [3.8, 4) is 0 Å². The quantitative estimate of drug-likeness (QED) is 0.842. The van der Waals surface area contributed by atoms with Gasteiger partial charge in [-0.25, -0.2) is 4.39 Å². The van der Waals surface area contributed by atoms with Gasteiger partial charge in [0, 0.05) is 6.54 Å². The molecule has 2 N–H and O–H groups in total. The molecule has 98 valence electrons. The number of halogens is 1. The van der Waals surface area contributed by atoms with E-state index in [0.29, 0.717) is 5.56 Å². The molecule has 0 unspecified atom stereocenters. The summed E-state index contributed by atoms with van der Waals surface area (Å²) in [4.78, 5) is 22.4. The van der Waals surface area contributed by atoms with Gasteiger partial charge in [0.05, 0.1) is 11.8 Å². The van der Waals surface area contributed by atoms with E-state index in [0.717, 1.165) is 0 Å². The van der Waals surface area contributed by atoms with Crippen LogP contribution in [0.1, 0.15) is 25.8 Å². The minimum Gasteiger partial charge on any atom is -0.481 e. The zero-order valence-corrected chi connectivity index (χ0v) is 10.4. The standard InChI is InChI=1S/C13H16FNO3/c1-13(2,7-11(16)17)12(18)15-8-9-4-3-5-10(14)6-9/h3-6H,7-8H2,1-2H3,(H,15,18)(H,16,17). The number of carbonyl (C=O) groups excluding carboxylic acids is 1. The molecule has 0 saturated carbocycles. The molecule has 0 spiro atoms. The van der Waals surface area contributed by atoms with Gasteiger partial charge in [-0.3, -0.25) is 9.59 Å². The number of carbonyl (C=O) groups is 2. The molecule has 1 rings (SSSR count). The molecule has 5 heteroatoms. The molecule has 4 nitrogen and oxygen atoms in total. The van der Waals surface area contributed by atoms with Gasteiger partial charge in [0.1, 0.15) is 5.82 Å². The molecule has 0 fully saturated rings. The van der Waals surface area contributed by atoms with Crippen molar-refractivity contribution in [3.05, 3.63) is 35.6 Å². The van der Waals surface area contributed by atoms with Crippen molar-refractivity contribution in [3.63, 3.8) is 0 Å². The Balaban J connectivity index is 2.58. The Morgan fingerprint density at radius 2 is 2.06 bits per heavy atom. The zero-order valence-electron chi connectivity index (χ0n) is 10.4. The first kappa shape index (κ1) is 14.2. The largest absolute Gasteiger partial charge is 0.481 e. The molecule has 0 aromatic heterocycles. The van der Waals surface area contributed by atoms with Crippen LogP contribution >= 0.6 is 0 Å². The summed E-state index contributed by atoms with van der Waals surface area (Å²) in [7, 11) is 0. The van der Waals surface area contributed by atoms with Gasteiger partial charge in [-0.1, -0.05) is 26.0 Å². The van der Waals surface area contributed by atoms with Gasteiger partial charge in [-0.05, 0) is 17.7 Å². The number of aliphatic carboxylic acids is 1. The SMILES string of the molecule is CC(C)(CC(=O)O)C(=O)NCc1cccc(F)c1. The summed E-state index contributed by atoms with van der Waals surface area (Å²) >= 11 is 0. The third kappa shape index (κ3) is 4.16. The van der Waals surface area contributed by atoms with Crippen molar-refractivity contribution in [2.24, 2.45) is 5.41 Å². The smallest absolute Gasteiger partial charge is 0.304 e. The predicted molar refractivity (Wildman–Crippen MR) is 64.3 cm³/mol. The van der Waals surface area contributed by atoms with Crippen LogP contribution < -0.4 is 5.32 Å². The first-order valence-corrected chi connectivity index (χ1v) is 5.56. The Hall–Kier alpha value is -1.91. The van der Waals surface area contributed by atoms with E-state index in [1.807, 2.05) is 0 Å². The summed E-state index contributed by atoms with van der Waals surface area (Å²) in [6.45, 7) is 3.30. The van der Waals surface area contributed by atoms with Crippen molar-refractivity contribution in [1.29, 1.82) is 0 Å². The Bertz CT molecular complexity index is 457. The minimum atomic E-state index is -1.03. The number of rotatable bonds is 5. The van der Waals surface area contributed by atoms with Crippen LogP contribution in [0.25, 0.3) is 0 Å². The predicted octanol–water partition coefficient (Wildman–Crippen LogP) is 1.94. The molecule has 0 aliphatic heterocycles. The van der Waals surface area contributed by atoms with Crippen LogP contribution in [0, 0.1) is 11.2 Å². The average Bonchev–Trinajstić information content (AvgIpc) is 2.24. The van der Waals surface area contributed by atoms with E-state index in [1.54, 1.807) is 26.0 Å². The highest BCUT2D eigenvalue weighted by Gasteiger charge is 2.30. The lowest BCUT2D eigenvalue weighted by Crippen LogP contribution is -2.38. The van der Waals surface area contributed by atoms with Gasteiger partial charge in [0.2, 0.25) is 5.91 Å². The summed E-state index contributed by atoms with van der Waals surface area (Å²) in [5.74, 6) is -1.76. The van der Waals surface area contributed by atoms with Gasteiger partial charge in [-0.2, -0.15) is 0 Å². The maximum Gasteiger partial charge on any atom is 0.304 e. The van der Waals surface area contributed by atoms with E-state index < -0.39 is 11.4 Å². The average molecular weight is 253 g/mol. The lowest BCUT2D eigenvalue weighted by atomic mass is 9.88. The molecule has 18 heavy (non-hydrogen) atoms. The third-order valence-electron chi connectivity index (χ3n) is 2.55. The van der Waals surface area contributed by atoms with Crippen molar-refractivity contribution in [1.82, 2.24) is 5.32 Å². The van der Waals surface area contributed by atoms with Crippen LogP contribution in [-0.4, -0.2) is 17.0 Å². The highest BCUT2D eigenvalue weighted by molar-refractivity contribution is 5.86. The maximum absolute atomic E-state index is 12.9. The topological polar surface area (TPSA) is 66.4 Å². The monoisotopic (exact) mass is 253 g/mol. The lowest BCUT2D eigenvalue weighted by Gasteiger charge is -2.21. The van der Waals surface area contributed by atoms with Crippen molar-refractivity contribution in [2.75, 3.05) is 0 Å². The molecule has 0 saturated heterocycles. The maximum atomic E-state index is 12.9. The van der Waals surface area contributed by atoms with Crippen LogP contribution in [0.3, 0.4) is 0 Å². The molecular formula is C13H16FNO3. The van der Waals surface area contributed by atoms with E-state index in [-0.39, 0.29) is 24.7 Å². The molecule has 1 amide bonds. The van der Waals surface area contributed by atoms with Gasteiger partial charge >= 0.3 is 5.97 Å². The molecular weight excluding hydrogens is 237 g/mol. The molecule has 1 aromatic rings. The molecule has 0 heterocycles. The molecule has 1 aromatic carbocycles. The van der Waals surface area contributed by atoms with E-state index in [9.17, 15) is 14.0 Å². The summed E-state index contributed by atoms with van der Waals surface area (Å²) < 4.78 is 12.9. The number of carboxylic acid groups (broad SMARTS) is 1. The van der Waals surface area contributed by atoms with Crippen molar-refractivity contribution >= 4 is 11.9 Å². The van der Waals surface area contributed by atoms with Crippen LogP contribution in [0.5, 0.6) is 0 Å². The van der Waals surface area contributed by atoms with Crippen molar-refractivity contribution in [2.45, 2.75) is 26.8 Å². The summed E-state index contributed by atoms with van der Waals surface area (Å²) in [5.41, 5.74) is -0.353. The van der Waals surface area contributed by atoms with Crippen LogP contribution in [0.2, 0.25) is 0 Å². The molecule has 0 radical (unpaired) electrons. The van der Waals surface area contributed by atoms with Gasteiger partial charge in [0.15, 0.2) is 0 Å². The Kier molecular flexibility index (Phi) is 4.42. The normalized spacial score (nSPS) is 11.1. The van der Waals surface area contributed by atoms with Crippen LogP contribution in [0.15, 0.2) is 24.3 Å². The second kappa shape index (κ2) is 5.62. The molecule has 0 aliphatic carbocycles. The Morgan fingerprint density at radius 3 is 2.61 bits per heavy atom. The number of carboxylic acids is 1. The number of benzene rings is 1. The fourth-order valence-corrected chi connectivity index (χ4v) is 1.53. The van der Waals surface area contributed by atoms with Gasteiger partial charge in [-0.15, -0.1) is 0 Å². The lowest BCUT2D eigenvalue weighted by molar-refractivity contribution is -0.144. The molecule has 0 atom stereocenters. The number of hydrogen-bond acceptors (Lipinski definition) is 2. The highest BCUT2D eigenvalue weighted by Crippen LogP contribution is 2.20. The summed E-state index contributed by atoms with van der Waals surface area (Å²) in [6.07, 6.45) is -0.248. The van der Waals surface area contributed by atoms with Crippen LogP contribution in [0.4, 0.5) is 4.39 Å². The van der Waals surface area contributed by atoms with E-state index in [2.05, 4.69) is 5.32 Å². The number of hydrogen-bond donors (Lipinski definition) is 2. The Labute approximate surface area is 105 Å². The second-order valence-corrected chi connectivity index (χ2v) is 4.77. The molecule has 0 aliphatic rings. The first-order valence-electron chi connectivity index (χ1n) is 5.56.